The Labute approximate surface area is 203 Å². The molecule has 0 unspecified atom stereocenters. The Kier molecular flexibility index (Phi) is 9.25. The minimum atomic E-state index is -1.04. The van der Waals surface area contributed by atoms with Crippen LogP contribution in [0.4, 0.5) is 9.18 Å². The summed E-state index contributed by atoms with van der Waals surface area (Å²) < 4.78 is 19.0. The molecule has 2 heterocycles. The largest absolute Gasteiger partial charge is 0.383 e. The standard InChI is InChI=1S/C27H40FN3O3/c1-20(2)7-5-8-21(3)19-30-13-11-23(12-14-30)27(18-22-9-6-10-24(28)17-22)25(32)31(15-16-34-4)26(33)29-27/h6-7,9-10,17,21,23H,5,8,11-16,18-19H2,1-4H3,(H,29,33)/t21-,27+/m1/s1. The number of allylic oxidation sites excluding steroid dienone is 2. The zero-order valence-electron chi connectivity index (χ0n) is 21.1. The van der Waals surface area contributed by atoms with Gasteiger partial charge in [-0.15, -0.1) is 0 Å². The quantitative estimate of drug-likeness (QED) is 0.382. The molecule has 188 valence electrons. The average Bonchev–Trinajstić information content (AvgIpc) is 3.02. The van der Waals surface area contributed by atoms with Crippen LogP contribution in [0.5, 0.6) is 0 Å². The van der Waals surface area contributed by atoms with Gasteiger partial charge in [-0.3, -0.25) is 9.69 Å². The number of urea groups is 1. The van der Waals surface area contributed by atoms with Crippen molar-refractivity contribution in [2.45, 2.75) is 58.4 Å². The van der Waals surface area contributed by atoms with E-state index >= 15 is 0 Å². The average molecular weight is 474 g/mol. The number of likely N-dealkylation sites (tertiary alicyclic amines) is 1. The summed E-state index contributed by atoms with van der Waals surface area (Å²) in [5.41, 5.74) is 1.04. The number of hydrogen-bond donors (Lipinski definition) is 1. The summed E-state index contributed by atoms with van der Waals surface area (Å²) in [6, 6.07) is 5.96. The smallest absolute Gasteiger partial charge is 0.325 e. The minimum Gasteiger partial charge on any atom is -0.383 e. The SMILES string of the molecule is COCCN1C(=O)N[C@@](Cc2cccc(F)c2)(C2CCN(C[C@H](C)CCC=C(C)C)CC2)C1=O. The maximum atomic E-state index is 13.9. The highest BCUT2D eigenvalue weighted by Gasteiger charge is 2.55. The monoisotopic (exact) mass is 473 g/mol. The molecular formula is C27H40FN3O3. The van der Waals surface area contributed by atoms with Crippen molar-refractivity contribution < 1.29 is 18.7 Å². The van der Waals surface area contributed by atoms with Gasteiger partial charge >= 0.3 is 6.03 Å². The molecule has 2 aliphatic heterocycles. The maximum absolute atomic E-state index is 13.9. The Morgan fingerprint density at radius 2 is 2.03 bits per heavy atom. The summed E-state index contributed by atoms with van der Waals surface area (Å²) >= 11 is 0. The van der Waals surface area contributed by atoms with Crippen molar-refractivity contribution in [1.82, 2.24) is 15.1 Å². The fraction of sp³-hybridized carbons (Fsp3) is 0.630. The summed E-state index contributed by atoms with van der Waals surface area (Å²) in [6.07, 6.45) is 6.50. The lowest BCUT2D eigenvalue weighted by molar-refractivity contribution is -0.134. The first-order chi connectivity index (χ1) is 16.2. The molecular weight excluding hydrogens is 433 g/mol. The summed E-state index contributed by atoms with van der Waals surface area (Å²) in [4.78, 5) is 30.2. The van der Waals surface area contributed by atoms with Gasteiger partial charge in [0.1, 0.15) is 11.4 Å². The van der Waals surface area contributed by atoms with Gasteiger partial charge in [-0.1, -0.05) is 30.7 Å². The second-order valence-electron chi connectivity index (χ2n) is 10.2. The zero-order valence-corrected chi connectivity index (χ0v) is 21.1. The van der Waals surface area contributed by atoms with Crippen LogP contribution >= 0.6 is 0 Å². The maximum Gasteiger partial charge on any atom is 0.325 e. The molecule has 34 heavy (non-hydrogen) atoms. The molecule has 2 saturated heterocycles. The Morgan fingerprint density at radius 1 is 1.29 bits per heavy atom. The molecule has 0 aliphatic carbocycles. The van der Waals surface area contributed by atoms with E-state index in [1.165, 1.54) is 22.6 Å². The van der Waals surface area contributed by atoms with E-state index in [0.29, 0.717) is 12.3 Å². The lowest BCUT2D eigenvalue weighted by atomic mass is 9.73. The number of carbonyl (C=O) groups is 2. The number of halogens is 1. The first-order valence-corrected chi connectivity index (χ1v) is 12.5. The molecule has 0 radical (unpaired) electrons. The van der Waals surface area contributed by atoms with Gasteiger partial charge in [0.05, 0.1) is 13.2 Å². The van der Waals surface area contributed by atoms with Crippen molar-refractivity contribution in [2.75, 3.05) is 39.9 Å². The molecule has 7 heteroatoms. The lowest BCUT2D eigenvalue weighted by Gasteiger charge is -2.41. The molecule has 0 aromatic heterocycles. The summed E-state index contributed by atoms with van der Waals surface area (Å²) in [5.74, 6) is 0.0488. The Morgan fingerprint density at radius 3 is 2.68 bits per heavy atom. The third-order valence-electron chi connectivity index (χ3n) is 7.16. The molecule has 2 aliphatic rings. The normalized spacial score (nSPS) is 22.7. The third-order valence-corrected chi connectivity index (χ3v) is 7.16. The van der Waals surface area contributed by atoms with Gasteiger partial charge < -0.3 is 15.0 Å². The van der Waals surface area contributed by atoms with Crippen LogP contribution in [0.1, 0.15) is 52.0 Å². The first-order valence-electron chi connectivity index (χ1n) is 12.5. The molecule has 1 aromatic carbocycles. The van der Waals surface area contributed by atoms with E-state index in [9.17, 15) is 14.0 Å². The molecule has 0 bridgehead atoms. The number of nitrogens with zero attached hydrogens (tertiary/aromatic N) is 2. The van der Waals surface area contributed by atoms with Gasteiger partial charge in [-0.05, 0) is 82.2 Å². The van der Waals surface area contributed by atoms with Crippen LogP contribution in [0.3, 0.4) is 0 Å². The highest BCUT2D eigenvalue weighted by atomic mass is 19.1. The van der Waals surface area contributed by atoms with E-state index in [1.807, 2.05) is 6.07 Å². The van der Waals surface area contributed by atoms with E-state index in [4.69, 9.17) is 4.74 Å². The molecule has 3 amide bonds. The van der Waals surface area contributed by atoms with Gasteiger partial charge in [0.15, 0.2) is 0 Å². The fourth-order valence-corrected chi connectivity index (χ4v) is 5.34. The molecule has 0 spiro atoms. The zero-order chi connectivity index (χ0) is 24.7. The van der Waals surface area contributed by atoms with Gasteiger partial charge in [0.2, 0.25) is 0 Å². The predicted molar refractivity (Wildman–Crippen MR) is 132 cm³/mol. The highest BCUT2D eigenvalue weighted by molar-refractivity contribution is 6.07. The molecule has 0 saturated carbocycles. The van der Waals surface area contributed by atoms with Gasteiger partial charge in [0, 0.05) is 20.1 Å². The minimum absolute atomic E-state index is 0.00278. The highest BCUT2D eigenvalue weighted by Crippen LogP contribution is 2.37. The van der Waals surface area contributed by atoms with E-state index in [0.717, 1.165) is 50.9 Å². The van der Waals surface area contributed by atoms with Crippen molar-refractivity contribution in [3.63, 3.8) is 0 Å². The van der Waals surface area contributed by atoms with Crippen molar-refractivity contribution >= 4 is 11.9 Å². The predicted octanol–water partition coefficient (Wildman–Crippen LogP) is 4.40. The topological polar surface area (TPSA) is 61.9 Å². The molecule has 1 aromatic rings. The van der Waals surface area contributed by atoms with Crippen LogP contribution in [0, 0.1) is 17.7 Å². The Bertz CT molecular complexity index is 878. The number of rotatable bonds is 11. The number of benzene rings is 1. The van der Waals surface area contributed by atoms with Crippen molar-refractivity contribution in [3.05, 3.63) is 47.3 Å². The first kappa shape index (κ1) is 26.4. The second-order valence-corrected chi connectivity index (χ2v) is 10.2. The molecule has 3 rings (SSSR count). The molecule has 6 nitrogen and oxygen atoms in total. The Balaban J connectivity index is 1.71. The Hall–Kier alpha value is -2.25. The summed E-state index contributed by atoms with van der Waals surface area (Å²) in [5, 5.41) is 3.04. The number of carbonyl (C=O) groups excluding carboxylic acids is 2. The van der Waals surface area contributed by atoms with E-state index in [1.54, 1.807) is 13.2 Å². The number of imide groups is 1. The van der Waals surface area contributed by atoms with Crippen LogP contribution in [-0.2, 0) is 16.0 Å². The summed E-state index contributed by atoms with van der Waals surface area (Å²) in [7, 11) is 1.55. The lowest BCUT2D eigenvalue weighted by Crippen LogP contribution is -2.57. The van der Waals surface area contributed by atoms with Crippen molar-refractivity contribution in [2.24, 2.45) is 11.8 Å². The molecule has 2 fully saturated rings. The number of methoxy groups -OCH3 is 1. The fourth-order valence-electron chi connectivity index (χ4n) is 5.34. The van der Waals surface area contributed by atoms with E-state index < -0.39 is 5.54 Å². The van der Waals surface area contributed by atoms with Crippen molar-refractivity contribution in [3.8, 4) is 0 Å². The van der Waals surface area contributed by atoms with Crippen LogP contribution in [0.2, 0.25) is 0 Å². The third kappa shape index (κ3) is 6.45. The van der Waals surface area contributed by atoms with Crippen LogP contribution in [-0.4, -0.2) is 67.2 Å². The van der Waals surface area contributed by atoms with Crippen LogP contribution < -0.4 is 5.32 Å². The number of piperidine rings is 1. The molecule has 2 atom stereocenters. The number of nitrogens with one attached hydrogen (secondary N) is 1. The number of ether oxygens (including phenoxy) is 1. The van der Waals surface area contributed by atoms with Crippen LogP contribution in [0.25, 0.3) is 0 Å². The van der Waals surface area contributed by atoms with E-state index in [-0.39, 0.29) is 36.8 Å². The number of amides is 3. The molecule has 1 N–H and O–H groups in total. The van der Waals surface area contributed by atoms with Gasteiger partial charge in [-0.2, -0.15) is 0 Å². The van der Waals surface area contributed by atoms with Crippen molar-refractivity contribution in [1.29, 1.82) is 0 Å². The van der Waals surface area contributed by atoms with Gasteiger partial charge in [0.25, 0.3) is 5.91 Å². The second kappa shape index (κ2) is 11.9. The van der Waals surface area contributed by atoms with E-state index in [2.05, 4.69) is 37.1 Å². The van der Waals surface area contributed by atoms with Gasteiger partial charge in [-0.25, -0.2) is 9.18 Å². The van der Waals surface area contributed by atoms with Crippen LogP contribution in [0.15, 0.2) is 35.9 Å². The summed E-state index contributed by atoms with van der Waals surface area (Å²) in [6.45, 7) is 9.90. The number of hydrogen-bond acceptors (Lipinski definition) is 4.